The van der Waals surface area contributed by atoms with Crippen molar-refractivity contribution in [1.82, 2.24) is 5.32 Å². The highest BCUT2D eigenvalue weighted by Gasteiger charge is 2.20. The first kappa shape index (κ1) is 13.0. The van der Waals surface area contributed by atoms with Crippen molar-refractivity contribution >= 4 is 22.6 Å². The van der Waals surface area contributed by atoms with Gasteiger partial charge < -0.3 is 14.8 Å². The summed E-state index contributed by atoms with van der Waals surface area (Å²) in [5, 5.41) is 3.44. The van der Waals surface area contributed by atoms with Gasteiger partial charge >= 0.3 is 0 Å². The van der Waals surface area contributed by atoms with E-state index in [0.717, 1.165) is 28.2 Å². The highest BCUT2D eigenvalue weighted by molar-refractivity contribution is 14.1. The van der Waals surface area contributed by atoms with Gasteiger partial charge in [0.05, 0.1) is 17.8 Å². The Labute approximate surface area is 116 Å². The fourth-order valence-electron chi connectivity index (χ4n) is 2.32. The molecule has 0 aromatic heterocycles. The maximum atomic E-state index is 5.49. The predicted octanol–water partition coefficient (Wildman–Crippen LogP) is 2.78. The van der Waals surface area contributed by atoms with Gasteiger partial charge in [0.25, 0.3) is 0 Å². The molecule has 1 aromatic rings. The minimum Gasteiger partial charge on any atom is -0.496 e. The summed E-state index contributed by atoms with van der Waals surface area (Å²) in [7, 11) is 3.45. The molecule has 1 fully saturated rings. The Balaban J connectivity index is 2.35. The van der Waals surface area contributed by atoms with Gasteiger partial charge in [0, 0.05) is 18.0 Å². The Morgan fingerprint density at radius 2 is 2.00 bits per heavy atom. The average Bonchev–Trinajstić information content (AvgIpc) is 2.39. The number of halogens is 1. The van der Waals surface area contributed by atoms with Crippen LogP contribution in [-0.2, 0) is 0 Å². The van der Waals surface area contributed by atoms with Gasteiger partial charge in [0.2, 0.25) is 0 Å². The van der Waals surface area contributed by atoms with E-state index in [2.05, 4.69) is 40.0 Å². The molecule has 2 rings (SSSR count). The fraction of sp³-hybridized carbons (Fsp3) is 0.538. The molecule has 1 saturated heterocycles. The topological polar surface area (TPSA) is 30.5 Å². The van der Waals surface area contributed by atoms with Crippen molar-refractivity contribution in [2.45, 2.75) is 18.8 Å². The molecule has 1 aliphatic rings. The lowest BCUT2D eigenvalue weighted by atomic mass is 9.91. The Hall–Kier alpha value is -0.490. The summed E-state index contributed by atoms with van der Waals surface area (Å²) in [6, 6.07) is 4.18. The van der Waals surface area contributed by atoms with Gasteiger partial charge in [-0.25, -0.2) is 0 Å². The Kier molecular flexibility index (Phi) is 4.50. The van der Waals surface area contributed by atoms with Crippen molar-refractivity contribution in [1.29, 1.82) is 0 Å². The number of hydrogen-bond acceptors (Lipinski definition) is 3. The molecular weight excluding hydrogens is 329 g/mol. The second-order valence-corrected chi connectivity index (χ2v) is 5.43. The van der Waals surface area contributed by atoms with Crippen molar-refractivity contribution in [2.24, 2.45) is 0 Å². The summed E-state index contributed by atoms with van der Waals surface area (Å²) in [6.07, 6.45) is 2.44. The van der Waals surface area contributed by atoms with Crippen molar-refractivity contribution in [3.05, 3.63) is 21.3 Å². The van der Waals surface area contributed by atoms with Crippen molar-refractivity contribution in [3.63, 3.8) is 0 Å². The first-order chi connectivity index (χ1) is 8.26. The molecule has 1 N–H and O–H groups in total. The monoisotopic (exact) mass is 347 g/mol. The second kappa shape index (κ2) is 5.91. The third kappa shape index (κ3) is 2.85. The first-order valence-electron chi connectivity index (χ1n) is 5.88. The molecule has 0 saturated carbocycles. The third-order valence-electron chi connectivity index (χ3n) is 3.24. The number of ether oxygens (including phenoxy) is 2. The van der Waals surface area contributed by atoms with Crippen molar-refractivity contribution in [3.8, 4) is 11.5 Å². The van der Waals surface area contributed by atoms with Crippen LogP contribution in [0.5, 0.6) is 11.5 Å². The van der Waals surface area contributed by atoms with Crippen LogP contribution in [0.15, 0.2) is 12.1 Å². The first-order valence-corrected chi connectivity index (χ1v) is 6.96. The zero-order chi connectivity index (χ0) is 12.3. The van der Waals surface area contributed by atoms with Crippen LogP contribution in [0.2, 0.25) is 0 Å². The van der Waals surface area contributed by atoms with Crippen LogP contribution in [0, 0.1) is 3.57 Å². The molecule has 0 spiro atoms. The Morgan fingerprint density at radius 3 is 2.59 bits per heavy atom. The number of hydrogen-bond donors (Lipinski definition) is 1. The van der Waals surface area contributed by atoms with Crippen LogP contribution in [0.25, 0.3) is 0 Å². The molecule has 1 atom stereocenters. The smallest absolute Gasteiger partial charge is 0.132 e. The molecule has 0 amide bonds. The van der Waals surface area contributed by atoms with Gasteiger partial charge in [-0.1, -0.05) is 0 Å². The minimum absolute atomic E-state index is 0.532. The van der Waals surface area contributed by atoms with Crippen LogP contribution in [-0.4, -0.2) is 27.3 Å². The molecule has 4 heteroatoms. The largest absolute Gasteiger partial charge is 0.496 e. The third-order valence-corrected chi connectivity index (χ3v) is 4.08. The molecule has 0 unspecified atom stereocenters. The van der Waals surface area contributed by atoms with E-state index < -0.39 is 0 Å². The number of piperidine rings is 1. The van der Waals surface area contributed by atoms with E-state index in [1.807, 2.05) is 0 Å². The summed E-state index contributed by atoms with van der Waals surface area (Å²) in [6.45, 7) is 2.15. The lowest BCUT2D eigenvalue weighted by Gasteiger charge is -2.25. The SMILES string of the molecule is COc1cc([C@@H]2CCCNC2)c(OC)cc1I. The van der Waals surface area contributed by atoms with Crippen LogP contribution < -0.4 is 14.8 Å². The van der Waals surface area contributed by atoms with Gasteiger partial charge in [-0.15, -0.1) is 0 Å². The number of nitrogens with one attached hydrogen (secondary N) is 1. The maximum Gasteiger partial charge on any atom is 0.132 e. The molecule has 1 aliphatic heterocycles. The molecule has 0 bridgehead atoms. The molecule has 1 heterocycles. The summed E-state index contributed by atoms with van der Waals surface area (Å²) in [4.78, 5) is 0. The Morgan fingerprint density at radius 1 is 1.24 bits per heavy atom. The summed E-state index contributed by atoms with van der Waals surface area (Å²) in [5.74, 6) is 2.44. The molecule has 0 radical (unpaired) electrons. The maximum absolute atomic E-state index is 5.49. The normalized spacial score (nSPS) is 20.1. The molecular formula is C13H18INO2. The van der Waals surface area contributed by atoms with Crippen LogP contribution in [0.1, 0.15) is 24.3 Å². The van der Waals surface area contributed by atoms with Gasteiger partial charge in [-0.3, -0.25) is 0 Å². The Bertz CT molecular complexity index is 389. The summed E-state index contributed by atoms with van der Waals surface area (Å²) < 4.78 is 12.0. The zero-order valence-electron chi connectivity index (χ0n) is 10.3. The number of benzene rings is 1. The second-order valence-electron chi connectivity index (χ2n) is 4.27. The van der Waals surface area contributed by atoms with Gasteiger partial charge in [-0.2, -0.15) is 0 Å². The van der Waals surface area contributed by atoms with E-state index in [9.17, 15) is 0 Å². The van der Waals surface area contributed by atoms with Gasteiger partial charge in [0.15, 0.2) is 0 Å². The zero-order valence-corrected chi connectivity index (χ0v) is 12.4. The number of methoxy groups -OCH3 is 2. The van der Waals surface area contributed by atoms with E-state index >= 15 is 0 Å². The van der Waals surface area contributed by atoms with Crippen LogP contribution >= 0.6 is 22.6 Å². The highest BCUT2D eigenvalue weighted by Crippen LogP contribution is 2.36. The van der Waals surface area contributed by atoms with E-state index in [4.69, 9.17) is 9.47 Å². The highest BCUT2D eigenvalue weighted by atomic mass is 127. The average molecular weight is 347 g/mol. The van der Waals surface area contributed by atoms with Gasteiger partial charge in [0.1, 0.15) is 11.5 Å². The van der Waals surface area contributed by atoms with Crippen molar-refractivity contribution in [2.75, 3.05) is 27.3 Å². The molecule has 1 aromatic carbocycles. The van der Waals surface area contributed by atoms with Crippen LogP contribution in [0.4, 0.5) is 0 Å². The minimum atomic E-state index is 0.532. The standard InChI is InChI=1S/C13H18INO2/c1-16-12-7-11(14)13(17-2)6-10(12)9-4-3-5-15-8-9/h6-7,9,15H,3-5,8H2,1-2H3/t9-/m1/s1. The predicted molar refractivity (Wildman–Crippen MR) is 77.1 cm³/mol. The fourth-order valence-corrected chi connectivity index (χ4v) is 2.98. The quantitative estimate of drug-likeness (QED) is 0.853. The summed E-state index contributed by atoms with van der Waals surface area (Å²) in [5.41, 5.74) is 1.26. The number of rotatable bonds is 3. The van der Waals surface area contributed by atoms with Crippen LogP contribution in [0.3, 0.4) is 0 Å². The lowest BCUT2D eigenvalue weighted by Crippen LogP contribution is -2.28. The lowest BCUT2D eigenvalue weighted by molar-refractivity contribution is 0.382. The summed E-state index contributed by atoms with van der Waals surface area (Å²) >= 11 is 2.28. The molecule has 0 aliphatic carbocycles. The van der Waals surface area contributed by atoms with E-state index in [1.54, 1.807) is 14.2 Å². The van der Waals surface area contributed by atoms with E-state index in [0.29, 0.717) is 5.92 Å². The molecule has 3 nitrogen and oxygen atoms in total. The van der Waals surface area contributed by atoms with E-state index in [1.165, 1.54) is 18.4 Å². The molecule has 17 heavy (non-hydrogen) atoms. The van der Waals surface area contributed by atoms with Gasteiger partial charge in [-0.05, 0) is 54.1 Å². The van der Waals surface area contributed by atoms with Crippen molar-refractivity contribution < 1.29 is 9.47 Å². The molecule has 94 valence electrons. The van der Waals surface area contributed by atoms with E-state index in [-0.39, 0.29) is 0 Å².